The van der Waals surface area contributed by atoms with E-state index in [-0.39, 0.29) is 6.03 Å². The Morgan fingerprint density at radius 2 is 1.82 bits per heavy atom. The van der Waals surface area contributed by atoms with E-state index in [2.05, 4.69) is 19.2 Å². The molecule has 1 N–H and O–H groups in total. The van der Waals surface area contributed by atoms with Gasteiger partial charge in [-0.2, -0.15) is 0 Å². The Morgan fingerprint density at radius 3 is 2.41 bits per heavy atom. The predicted octanol–water partition coefficient (Wildman–Crippen LogP) is 3.98. The molecule has 1 aliphatic heterocycles. The summed E-state index contributed by atoms with van der Waals surface area (Å²) < 4.78 is 0. The third-order valence-electron chi connectivity index (χ3n) is 5.11. The smallest absolute Gasteiger partial charge is 0.317 e. The lowest BCUT2D eigenvalue weighted by atomic mass is 9.95. The highest BCUT2D eigenvalue weighted by Crippen LogP contribution is 2.32. The zero-order valence-corrected chi connectivity index (χ0v) is 14.5. The minimum absolute atomic E-state index is 0.150. The molecule has 1 aromatic heterocycles. The number of nitrogens with one attached hydrogen (secondary N) is 1. The summed E-state index contributed by atoms with van der Waals surface area (Å²) in [6.45, 7) is 5.95. The van der Waals surface area contributed by atoms with E-state index < -0.39 is 0 Å². The fourth-order valence-corrected chi connectivity index (χ4v) is 4.61. The summed E-state index contributed by atoms with van der Waals surface area (Å²) in [5.41, 5.74) is 1.16. The highest BCUT2D eigenvalue weighted by molar-refractivity contribution is 7.11. The lowest BCUT2D eigenvalue weighted by molar-refractivity contribution is 0.174. The Morgan fingerprint density at radius 1 is 1.14 bits per heavy atom. The van der Waals surface area contributed by atoms with Gasteiger partial charge in [-0.1, -0.05) is 19.3 Å². The molecule has 1 aromatic rings. The number of piperidine rings is 1. The largest absolute Gasteiger partial charge is 0.335 e. The van der Waals surface area contributed by atoms with Crippen LogP contribution in [0, 0.1) is 13.8 Å². The normalized spacial score (nSPS) is 21.1. The minimum atomic E-state index is 0.150. The zero-order chi connectivity index (χ0) is 15.5. The van der Waals surface area contributed by atoms with E-state index in [1.165, 1.54) is 29.1 Å². The summed E-state index contributed by atoms with van der Waals surface area (Å²) in [5, 5.41) is 4.50. The van der Waals surface area contributed by atoms with Gasteiger partial charge in [0.2, 0.25) is 0 Å². The van der Waals surface area contributed by atoms with Crippen LogP contribution in [0.15, 0.2) is 0 Å². The molecule has 1 saturated carbocycles. The van der Waals surface area contributed by atoms with Crippen molar-refractivity contribution in [3.8, 4) is 0 Å². The van der Waals surface area contributed by atoms with Gasteiger partial charge in [-0.15, -0.1) is 11.3 Å². The van der Waals surface area contributed by atoms with Crippen LogP contribution in [0.4, 0.5) is 4.79 Å². The van der Waals surface area contributed by atoms with Crippen LogP contribution in [0.5, 0.6) is 0 Å². The summed E-state index contributed by atoms with van der Waals surface area (Å²) in [5.74, 6) is 0.538. The van der Waals surface area contributed by atoms with E-state index in [1.807, 2.05) is 16.2 Å². The van der Waals surface area contributed by atoms with Crippen LogP contribution < -0.4 is 5.32 Å². The first-order chi connectivity index (χ1) is 10.6. The van der Waals surface area contributed by atoms with Crippen molar-refractivity contribution >= 4 is 17.4 Å². The highest BCUT2D eigenvalue weighted by Gasteiger charge is 2.27. The Bertz CT molecular complexity index is 494. The number of rotatable bonds is 2. The molecule has 1 saturated heterocycles. The Balaban J connectivity index is 1.49. The maximum Gasteiger partial charge on any atom is 0.317 e. The molecule has 0 bridgehead atoms. The third kappa shape index (κ3) is 3.62. The average molecular weight is 321 g/mol. The summed E-state index contributed by atoms with van der Waals surface area (Å²) >= 11 is 1.83. The number of amides is 2. The van der Waals surface area contributed by atoms with Gasteiger partial charge in [0, 0.05) is 29.9 Å². The second-order valence-electron chi connectivity index (χ2n) is 6.74. The van der Waals surface area contributed by atoms with Crippen molar-refractivity contribution < 1.29 is 4.79 Å². The lowest BCUT2D eigenvalue weighted by Gasteiger charge is -2.33. The van der Waals surface area contributed by atoms with Crippen molar-refractivity contribution in [1.29, 1.82) is 0 Å². The number of thiazole rings is 1. The first kappa shape index (κ1) is 15.8. The number of hydrogen-bond donors (Lipinski definition) is 1. The number of hydrogen-bond acceptors (Lipinski definition) is 3. The molecular formula is C17H27N3OS. The number of aryl methyl sites for hydroxylation is 2. The van der Waals surface area contributed by atoms with Crippen LogP contribution in [0.25, 0.3) is 0 Å². The molecule has 0 unspecified atom stereocenters. The Hall–Kier alpha value is -1.10. The monoisotopic (exact) mass is 321 g/mol. The highest BCUT2D eigenvalue weighted by atomic mass is 32.1. The van der Waals surface area contributed by atoms with Gasteiger partial charge in [-0.3, -0.25) is 0 Å². The molecule has 0 spiro atoms. The van der Waals surface area contributed by atoms with E-state index >= 15 is 0 Å². The van der Waals surface area contributed by atoms with Gasteiger partial charge in [-0.05, 0) is 39.5 Å². The summed E-state index contributed by atoms with van der Waals surface area (Å²) in [6, 6.07) is 0.556. The van der Waals surface area contributed by atoms with Gasteiger partial charge in [0.15, 0.2) is 0 Å². The average Bonchev–Trinajstić information content (AvgIpc) is 2.88. The van der Waals surface area contributed by atoms with Crippen LogP contribution >= 0.6 is 11.3 Å². The summed E-state index contributed by atoms with van der Waals surface area (Å²) in [6.07, 6.45) is 8.24. The molecule has 1 aliphatic carbocycles. The summed E-state index contributed by atoms with van der Waals surface area (Å²) in [4.78, 5) is 20.4. The van der Waals surface area contributed by atoms with Gasteiger partial charge in [0.05, 0.1) is 10.7 Å². The Kier molecular flexibility index (Phi) is 5.01. The number of aromatic nitrogens is 1. The fraction of sp³-hybridized carbons (Fsp3) is 0.765. The quantitative estimate of drug-likeness (QED) is 0.895. The van der Waals surface area contributed by atoms with Crippen molar-refractivity contribution in [2.75, 3.05) is 13.1 Å². The molecule has 2 heterocycles. The molecular weight excluding hydrogens is 294 g/mol. The number of carbonyl (C=O) groups excluding carboxylic acids is 1. The standard InChI is InChI=1S/C17H27N3OS/c1-12-13(2)22-16(18-12)14-8-10-20(11-9-14)17(21)19-15-6-4-3-5-7-15/h14-15H,3-11H2,1-2H3,(H,19,21). The maximum absolute atomic E-state index is 12.4. The molecule has 122 valence electrons. The maximum atomic E-state index is 12.4. The Labute approximate surface area is 137 Å². The molecule has 4 nitrogen and oxygen atoms in total. The molecule has 0 aromatic carbocycles. The number of nitrogens with zero attached hydrogens (tertiary/aromatic N) is 2. The number of urea groups is 1. The molecule has 5 heteroatoms. The van der Waals surface area contributed by atoms with Crippen LogP contribution in [-0.2, 0) is 0 Å². The van der Waals surface area contributed by atoms with Gasteiger partial charge in [0.25, 0.3) is 0 Å². The van der Waals surface area contributed by atoms with E-state index in [4.69, 9.17) is 4.98 Å². The second kappa shape index (κ2) is 6.99. The molecule has 3 rings (SSSR count). The molecule has 2 amide bonds. The van der Waals surface area contributed by atoms with E-state index in [1.54, 1.807) is 0 Å². The van der Waals surface area contributed by atoms with E-state index in [9.17, 15) is 4.79 Å². The molecule has 22 heavy (non-hydrogen) atoms. The predicted molar refractivity (Wildman–Crippen MR) is 90.5 cm³/mol. The van der Waals surface area contributed by atoms with Gasteiger partial charge < -0.3 is 10.2 Å². The number of carbonyl (C=O) groups is 1. The third-order valence-corrected chi connectivity index (χ3v) is 6.34. The number of likely N-dealkylation sites (tertiary alicyclic amines) is 1. The van der Waals surface area contributed by atoms with Crippen molar-refractivity contribution in [2.45, 2.75) is 70.8 Å². The first-order valence-electron chi connectivity index (χ1n) is 8.63. The summed E-state index contributed by atoms with van der Waals surface area (Å²) in [7, 11) is 0. The van der Waals surface area contributed by atoms with Crippen LogP contribution in [-0.4, -0.2) is 35.0 Å². The SMILES string of the molecule is Cc1nc(C2CCN(C(=O)NC3CCCCC3)CC2)sc1C. The zero-order valence-electron chi connectivity index (χ0n) is 13.7. The van der Waals surface area contributed by atoms with Crippen LogP contribution in [0.2, 0.25) is 0 Å². The van der Waals surface area contributed by atoms with Crippen LogP contribution in [0.3, 0.4) is 0 Å². The molecule has 2 aliphatic rings. The van der Waals surface area contributed by atoms with Gasteiger partial charge in [0.1, 0.15) is 0 Å². The fourth-order valence-electron chi connectivity index (χ4n) is 3.51. The molecule has 0 atom stereocenters. The molecule has 0 radical (unpaired) electrons. The van der Waals surface area contributed by atoms with Gasteiger partial charge >= 0.3 is 6.03 Å². The van der Waals surface area contributed by atoms with Crippen molar-refractivity contribution in [3.05, 3.63) is 15.6 Å². The lowest BCUT2D eigenvalue weighted by Crippen LogP contribution is -2.48. The molecule has 2 fully saturated rings. The van der Waals surface area contributed by atoms with Crippen molar-refractivity contribution in [1.82, 2.24) is 15.2 Å². The first-order valence-corrected chi connectivity index (χ1v) is 9.44. The van der Waals surface area contributed by atoms with Crippen molar-refractivity contribution in [2.24, 2.45) is 0 Å². The van der Waals surface area contributed by atoms with E-state index in [0.29, 0.717) is 12.0 Å². The van der Waals surface area contributed by atoms with E-state index in [0.717, 1.165) is 44.5 Å². The second-order valence-corrected chi connectivity index (χ2v) is 7.97. The topological polar surface area (TPSA) is 45.2 Å². The van der Waals surface area contributed by atoms with Crippen molar-refractivity contribution in [3.63, 3.8) is 0 Å². The van der Waals surface area contributed by atoms with Gasteiger partial charge in [-0.25, -0.2) is 9.78 Å². The minimum Gasteiger partial charge on any atom is -0.335 e. The van der Waals surface area contributed by atoms with Crippen LogP contribution in [0.1, 0.15) is 66.4 Å².